The maximum Gasteiger partial charge on any atom is 0.433 e. The number of hydrogen-bond acceptors (Lipinski definition) is 10. The summed E-state index contributed by atoms with van der Waals surface area (Å²) in [5.74, 6) is -0.326. The average Bonchev–Trinajstić information content (AvgIpc) is 3.26. The Kier molecular flexibility index (Phi) is 6.98. The number of primary amides is 2. The molecule has 3 heterocycles. The van der Waals surface area contributed by atoms with Crippen LogP contribution in [0.15, 0.2) is 11.4 Å². The molecule has 35 heavy (non-hydrogen) atoms. The lowest BCUT2D eigenvalue weighted by Crippen LogP contribution is -2.48. The van der Waals surface area contributed by atoms with Crippen LogP contribution in [0.5, 0.6) is 0 Å². The van der Waals surface area contributed by atoms with Crippen LogP contribution < -0.4 is 22.1 Å². The highest BCUT2D eigenvalue weighted by atomic mass is 32.3. The second-order valence-electron chi connectivity index (χ2n) is 7.23. The van der Waals surface area contributed by atoms with Crippen LogP contribution in [-0.4, -0.2) is 94.3 Å². The van der Waals surface area contributed by atoms with E-state index in [1.165, 1.54) is 25.0 Å². The molecule has 2 unspecified atom stereocenters. The first kappa shape index (κ1) is 25.5. The fourth-order valence-electron chi connectivity index (χ4n) is 3.57. The van der Waals surface area contributed by atoms with Crippen LogP contribution in [0.25, 0.3) is 0 Å². The monoisotopic (exact) mass is 518 g/mol. The lowest BCUT2D eigenvalue weighted by atomic mass is 9.97. The van der Waals surface area contributed by atoms with Crippen molar-refractivity contribution >= 4 is 40.4 Å². The minimum atomic E-state index is -5.06. The summed E-state index contributed by atoms with van der Waals surface area (Å²) in [7, 11) is -2.34. The third-order valence-corrected chi connectivity index (χ3v) is 5.39. The van der Waals surface area contributed by atoms with E-state index in [9.17, 15) is 27.6 Å². The molecule has 0 saturated carbocycles. The number of amides is 7. The number of fused-ring (bicyclic) bond motifs is 4. The standard InChI is InChI=1S/C15H22N10O9S/c1-22(13(17)27)11(21-33-14(28)19-4-3-18-12(16)26)10-9-7(5-20-23(9)2)8-6-24(10)15(29)25(8)34-35(30,31)32/h5,8,10H,3-4,6H2,1-2H3,(H2,17,27)(H,19,28)(H3,16,18,26)(H,30,31,32)/b21-11-. The highest BCUT2D eigenvalue weighted by Gasteiger charge is 2.54. The van der Waals surface area contributed by atoms with Gasteiger partial charge in [-0.3, -0.25) is 19.0 Å². The van der Waals surface area contributed by atoms with E-state index in [1.54, 1.807) is 0 Å². The van der Waals surface area contributed by atoms with Gasteiger partial charge in [-0.1, -0.05) is 5.16 Å². The number of carbonyl (C=O) groups excluding carboxylic acids is 4. The summed E-state index contributed by atoms with van der Waals surface area (Å²) < 4.78 is 37.5. The van der Waals surface area contributed by atoms with Gasteiger partial charge in [0.05, 0.1) is 18.4 Å². The van der Waals surface area contributed by atoms with Crippen molar-refractivity contribution in [2.75, 3.05) is 26.7 Å². The number of nitrogens with two attached hydrogens (primary N) is 2. The number of rotatable bonds is 7. The van der Waals surface area contributed by atoms with Crippen molar-refractivity contribution < 1.29 is 41.3 Å². The number of nitrogens with one attached hydrogen (secondary N) is 2. The van der Waals surface area contributed by atoms with Gasteiger partial charge >= 0.3 is 34.6 Å². The maximum atomic E-state index is 13.0. The van der Waals surface area contributed by atoms with Crippen molar-refractivity contribution in [3.63, 3.8) is 0 Å². The van der Waals surface area contributed by atoms with Gasteiger partial charge in [0.25, 0.3) is 0 Å². The number of hydroxylamine groups is 2. The molecule has 2 aliphatic rings. The summed E-state index contributed by atoms with van der Waals surface area (Å²) in [6.07, 6.45) is 0.263. The molecule has 3 rings (SSSR count). The minimum Gasteiger partial charge on any atom is -0.352 e. The molecular formula is C15H22N10O9S. The Balaban J connectivity index is 1.95. The van der Waals surface area contributed by atoms with E-state index >= 15 is 0 Å². The molecular weight excluding hydrogens is 496 g/mol. The Labute approximate surface area is 197 Å². The van der Waals surface area contributed by atoms with E-state index in [2.05, 4.69) is 25.2 Å². The van der Waals surface area contributed by atoms with E-state index in [0.29, 0.717) is 10.6 Å². The molecule has 7 N–H and O–H groups in total. The van der Waals surface area contributed by atoms with Crippen molar-refractivity contribution in [2.24, 2.45) is 23.7 Å². The third-order valence-electron chi connectivity index (χ3n) is 5.04. The van der Waals surface area contributed by atoms with Gasteiger partial charge in [0.2, 0.25) is 0 Å². The lowest BCUT2D eigenvalue weighted by molar-refractivity contribution is -0.0316. The Morgan fingerprint density at radius 3 is 2.57 bits per heavy atom. The molecule has 2 bridgehead atoms. The van der Waals surface area contributed by atoms with Gasteiger partial charge in [-0.25, -0.2) is 19.2 Å². The van der Waals surface area contributed by atoms with Gasteiger partial charge in [-0.15, -0.1) is 4.28 Å². The SMILES string of the molecule is CN(C(N)=O)/C(=N\OC(=O)NCCNC(N)=O)C1c2c(cnn2C)C2CN1C(=O)N2OS(=O)(=O)O. The van der Waals surface area contributed by atoms with Crippen molar-refractivity contribution in [2.45, 2.75) is 12.1 Å². The zero-order valence-corrected chi connectivity index (χ0v) is 19.1. The first-order chi connectivity index (χ1) is 16.3. The fraction of sp³-hybridized carbons (Fsp3) is 0.467. The van der Waals surface area contributed by atoms with Crippen LogP contribution in [-0.2, 0) is 26.6 Å². The molecule has 2 aliphatic heterocycles. The largest absolute Gasteiger partial charge is 0.433 e. The van der Waals surface area contributed by atoms with E-state index < -0.39 is 46.7 Å². The van der Waals surface area contributed by atoms with Crippen molar-refractivity contribution in [3.05, 3.63) is 17.5 Å². The second kappa shape index (κ2) is 9.60. The highest BCUT2D eigenvalue weighted by molar-refractivity contribution is 7.80. The molecule has 192 valence electrons. The van der Waals surface area contributed by atoms with Crippen LogP contribution >= 0.6 is 0 Å². The van der Waals surface area contributed by atoms with Gasteiger partial charge in [0, 0.05) is 32.7 Å². The average molecular weight is 518 g/mol. The molecule has 2 atom stereocenters. The van der Waals surface area contributed by atoms with Gasteiger partial charge in [-0.2, -0.15) is 18.6 Å². The van der Waals surface area contributed by atoms with E-state index in [-0.39, 0.29) is 31.2 Å². The Morgan fingerprint density at radius 1 is 1.31 bits per heavy atom. The van der Waals surface area contributed by atoms with Crippen LogP contribution in [0, 0.1) is 0 Å². The lowest BCUT2D eigenvalue weighted by Gasteiger charge is -2.33. The quantitative estimate of drug-likeness (QED) is 0.0644. The maximum absolute atomic E-state index is 13.0. The number of likely N-dealkylation sites (N-methyl/N-ethyl adjacent to an activating group) is 1. The van der Waals surface area contributed by atoms with Crippen LogP contribution in [0.3, 0.4) is 0 Å². The van der Waals surface area contributed by atoms with Gasteiger partial charge in [0.15, 0.2) is 5.84 Å². The molecule has 0 aliphatic carbocycles. The number of aromatic nitrogens is 2. The number of hydrogen-bond donors (Lipinski definition) is 5. The zero-order valence-electron chi connectivity index (χ0n) is 18.3. The zero-order chi connectivity index (χ0) is 26.1. The molecule has 20 heteroatoms. The molecule has 1 aromatic rings. The summed E-state index contributed by atoms with van der Waals surface area (Å²) in [5, 5.41) is 12.8. The minimum absolute atomic E-state index is 0.00351. The van der Waals surface area contributed by atoms with Gasteiger partial charge in [0.1, 0.15) is 12.1 Å². The summed E-state index contributed by atoms with van der Waals surface area (Å²) in [5.41, 5.74) is 10.9. The second-order valence-corrected chi connectivity index (χ2v) is 8.24. The first-order valence-corrected chi connectivity index (χ1v) is 11.1. The predicted molar refractivity (Wildman–Crippen MR) is 112 cm³/mol. The summed E-state index contributed by atoms with van der Waals surface area (Å²) in [6, 6.07) is -5.04. The number of oxime groups is 1. The van der Waals surface area contributed by atoms with Crippen LogP contribution in [0.1, 0.15) is 23.3 Å². The molecule has 0 spiro atoms. The molecule has 0 aromatic carbocycles. The number of nitrogens with zero attached hydrogens (tertiary/aromatic N) is 6. The smallest absolute Gasteiger partial charge is 0.352 e. The number of aryl methyl sites for hydroxylation is 1. The third kappa shape index (κ3) is 5.33. The van der Waals surface area contributed by atoms with E-state index in [4.69, 9.17) is 20.9 Å². The van der Waals surface area contributed by atoms with Crippen molar-refractivity contribution in [3.8, 4) is 0 Å². The van der Waals surface area contributed by atoms with Gasteiger partial charge < -0.3 is 27.0 Å². The van der Waals surface area contributed by atoms with Crippen LogP contribution in [0.2, 0.25) is 0 Å². The molecule has 7 amide bonds. The van der Waals surface area contributed by atoms with Crippen LogP contribution in [0.4, 0.5) is 19.2 Å². The molecule has 0 radical (unpaired) electrons. The first-order valence-electron chi connectivity index (χ1n) is 9.69. The molecule has 19 nitrogen and oxygen atoms in total. The summed E-state index contributed by atoms with van der Waals surface area (Å²) >= 11 is 0. The normalized spacial score (nSPS) is 19.3. The number of carbonyl (C=O) groups is 4. The van der Waals surface area contributed by atoms with E-state index in [0.717, 1.165) is 9.80 Å². The van der Waals surface area contributed by atoms with Gasteiger partial charge in [-0.05, 0) is 0 Å². The summed E-state index contributed by atoms with van der Waals surface area (Å²) in [4.78, 5) is 54.3. The molecule has 1 fully saturated rings. The number of amidine groups is 1. The molecule has 1 saturated heterocycles. The number of urea groups is 3. The van der Waals surface area contributed by atoms with Crippen molar-refractivity contribution in [1.29, 1.82) is 0 Å². The van der Waals surface area contributed by atoms with Crippen molar-refractivity contribution in [1.82, 2.24) is 35.3 Å². The Morgan fingerprint density at radius 2 is 1.97 bits per heavy atom. The fourth-order valence-corrected chi connectivity index (χ4v) is 3.94. The Hall–Kier alpha value is -4.17. The molecule has 1 aromatic heterocycles. The Bertz CT molecular complexity index is 1180. The predicted octanol–water partition coefficient (Wildman–Crippen LogP) is -2.29. The highest BCUT2D eigenvalue weighted by Crippen LogP contribution is 2.44. The summed E-state index contributed by atoms with van der Waals surface area (Å²) in [6.45, 7) is -0.230. The van der Waals surface area contributed by atoms with E-state index in [1.807, 2.05) is 0 Å². The topological polar surface area (TPSA) is 257 Å².